The zero-order valence-corrected chi connectivity index (χ0v) is 16.1. The normalized spacial score (nSPS) is 11.2. The summed E-state index contributed by atoms with van der Waals surface area (Å²) in [4.78, 5) is 27.8. The highest BCUT2D eigenvalue weighted by Gasteiger charge is 2.16. The maximum atomic E-state index is 11.9. The summed E-state index contributed by atoms with van der Waals surface area (Å²) >= 11 is 4.67. The van der Waals surface area contributed by atoms with Gasteiger partial charge in [0, 0.05) is 28.1 Å². The number of imidazole rings is 1. The van der Waals surface area contributed by atoms with Crippen LogP contribution in [-0.2, 0) is 4.79 Å². The molecule has 0 spiro atoms. The molecule has 128 valence electrons. The molecular weight excluding hydrogens is 392 g/mol. The third-order valence-electron chi connectivity index (χ3n) is 2.79. The smallest absolute Gasteiger partial charge is 0.321 e. The number of benzene rings is 1. The molecule has 2 rings (SSSR count). The second kappa shape index (κ2) is 7.85. The number of imide groups is 1. The first-order valence-corrected chi connectivity index (χ1v) is 9.06. The molecule has 0 unspecified atom stereocenters. The van der Waals surface area contributed by atoms with Crippen LogP contribution in [0.15, 0.2) is 46.3 Å². The highest BCUT2D eigenvalue weighted by molar-refractivity contribution is 9.10. The molecular formula is C16H19BrN4O2S. The molecule has 1 aromatic carbocycles. The lowest BCUT2D eigenvalue weighted by molar-refractivity contribution is -0.117. The molecule has 8 heteroatoms. The summed E-state index contributed by atoms with van der Waals surface area (Å²) < 4.78 is 2.88. The Morgan fingerprint density at radius 2 is 1.92 bits per heavy atom. The van der Waals surface area contributed by atoms with Crippen molar-refractivity contribution in [2.24, 2.45) is 0 Å². The van der Waals surface area contributed by atoms with Crippen molar-refractivity contribution < 1.29 is 9.59 Å². The Kier molecular flexibility index (Phi) is 6.06. The van der Waals surface area contributed by atoms with Crippen molar-refractivity contribution in [2.45, 2.75) is 31.5 Å². The number of nitrogens with zero attached hydrogens (tertiary/aromatic N) is 2. The molecule has 24 heavy (non-hydrogen) atoms. The van der Waals surface area contributed by atoms with Gasteiger partial charge in [0.2, 0.25) is 5.91 Å². The van der Waals surface area contributed by atoms with Gasteiger partial charge in [-0.15, -0.1) is 0 Å². The summed E-state index contributed by atoms with van der Waals surface area (Å²) in [5, 5.41) is 5.68. The summed E-state index contributed by atoms with van der Waals surface area (Å²) in [7, 11) is 0. The van der Waals surface area contributed by atoms with Gasteiger partial charge in [0.05, 0.1) is 5.75 Å². The summed E-state index contributed by atoms with van der Waals surface area (Å²) in [6.45, 7) is 5.54. The number of amides is 3. The first-order chi connectivity index (χ1) is 11.2. The highest BCUT2D eigenvalue weighted by Crippen LogP contribution is 2.21. The number of rotatable bonds is 4. The zero-order valence-electron chi connectivity index (χ0n) is 13.7. The van der Waals surface area contributed by atoms with Crippen LogP contribution in [0.2, 0.25) is 0 Å². The average molecular weight is 411 g/mol. The van der Waals surface area contributed by atoms with E-state index < -0.39 is 11.6 Å². The maximum Gasteiger partial charge on any atom is 0.321 e. The van der Waals surface area contributed by atoms with Crippen LogP contribution in [0, 0.1) is 0 Å². The van der Waals surface area contributed by atoms with Gasteiger partial charge in [-0.3, -0.25) is 14.7 Å². The minimum Gasteiger partial charge on any atom is -0.333 e. The minimum atomic E-state index is -0.496. The van der Waals surface area contributed by atoms with Crippen molar-refractivity contribution in [1.82, 2.24) is 20.2 Å². The first-order valence-electron chi connectivity index (χ1n) is 7.29. The number of nitrogens with one attached hydrogen (secondary N) is 2. The molecule has 2 N–H and O–H groups in total. The van der Waals surface area contributed by atoms with E-state index in [1.807, 2.05) is 55.8 Å². The van der Waals surface area contributed by atoms with Crippen molar-refractivity contribution in [3.05, 3.63) is 41.1 Å². The van der Waals surface area contributed by atoms with Crippen LogP contribution in [-0.4, -0.2) is 32.8 Å². The lowest BCUT2D eigenvalue weighted by Crippen LogP contribution is -2.48. The summed E-state index contributed by atoms with van der Waals surface area (Å²) in [6, 6.07) is 7.28. The van der Waals surface area contributed by atoms with Gasteiger partial charge in [0.1, 0.15) is 0 Å². The second-order valence-electron chi connectivity index (χ2n) is 6.10. The van der Waals surface area contributed by atoms with E-state index in [0.29, 0.717) is 5.16 Å². The fourth-order valence-corrected chi connectivity index (χ4v) is 2.90. The Labute approximate surface area is 153 Å². The Bertz CT molecular complexity index is 722. The third kappa shape index (κ3) is 5.68. The molecule has 0 saturated heterocycles. The van der Waals surface area contributed by atoms with E-state index in [9.17, 15) is 9.59 Å². The van der Waals surface area contributed by atoms with Crippen molar-refractivity contribution in [3.63, 3.8) is 0 Å². The Balaban J connectivity index is 1.93. The number of urea groups is 1. The Morgan fingerprint density at radius 3 is 2.54 bits per heavy atom. The predicted octanol–water partition coefficient (Wildman–Crippen LogP) is 3.35. The van der Waals surface area contributed by atoms with Gasteiger partial charge in [-0.25, -0.2) is 9.78 Å². The van der Waals surface area contributed by atoms with Crippen LogP contribution in [0.1, 0.15) is 20.8 Å². The van der Waals surface area contributed by atoms with Crippen molar-refractivity contribution >= 4 is 39.6 Å². The standard InChI is InChI=1S/C16H19BrN4O2S/c1-16(2,3)20-14(23)19-13(22)10-24-15-18-8-9-21(15)12-6-4-11(17)5-7-12/h4-9H,10H2,1-3H3,(H2,19,20,22,23). The average Bonchev–Trinajstić information content (AvgIpc) is 2.92. The van der Waals surface area contributed by atoms with Crippen molar-refractivity contribution in [1.29, 1.82) is 0 Å². The molecule has 0 fully saturated rings. The van der Waals surface area contributed by atoms with Gasteiger partial charge in [-0.05, 0) is 45.0 Å². The summed E-state index contributed by atoms with van der Waals surface area (Å²) in [5.41, 5.74) is 0.555. The number of hydrogen-bond acceptors (Lipinski definition) is 4. The van der Waals surface area contributed by atoms with Crippen molar-refractivity contribution in [3.8, 4) is 5.69 Å². The lowest BCUT2D eigenvalue weighted by Gasteiger charge is -2.20. The monoisotopic (exact) mass is 410 g/mol. The van der Waals surface area contributed by atoms with Gasteiger partial charge >= 0.3 is 6.03 Å². The van der Waals surface area contributed by atoms with Crippen LogP contribution in [0.4, 0.5) is 4.79 Å². The molecule has 0 saturated carbocycles. The fourth-order valence-electron chi connectivity index (χ4n) is 1.86. The number of hydrogen-bond donors (Lipinski definition) is 2. The van der Waals surface area contributed by atoms with E-state index in [0.717, 1.165) is 10.2 Å². The van der Waals surface area contributed by atoms with E-state index in [1.165, 1.54) is 11.8 Å². The van der Waals surface area contributed by atoms with E-state index in [2.05, 4.69) is 31.5 Å². The molecule has 3 amide bonds. The SMILES string of the molecule is CC(C)(C)NC(=O)NC(=O)CSc1nccn1-c1ccc(Br)cc1. The molecule has 0 bridgehead atoms. The molecule has 2 aromatic rings. The number of aromatic nitrogens is 2. The fraction of sp³-hybridized carbons (Fsp3) is 0.312. The van der Waals surface area contributed by atoms with Gasteiger partial charge in [-0.1, -0.05) is 27.7 Å². The van der Waals surface area contributed by atoms with Gasteiger partial charge in [-0.2, -0.15) is 0 Å². The largest absolute Gasteiger partial charge is 0.333 e. The van der Waals surface area contributed by atoms with Crippen LogP contribution in [0.3, 0.4) is 0 Å². The molecule has 0 aliphatic carbocycles. The first kappa shape index (κ1) is 18.5. The van der Waals surface area contributed by atoms with Gasteiger partial charge < -0.3 is 5.32 Å². The molecule has 0 atom stereocenters. The number of thioether (sulfide) groups is 1. The molecule has 0 aliphatic heterocycles. The Hall–Kier alpha value is -1.80. The minimum absolute atomic E-state index is 0.102. The summed E-state index contributed by atoms with van der Waals surface area (Å²) in [6.07, 6.45) is 3.50. The third-order valence-corrected chi connectivity index (χ3v) is 4.28. The zero-order chi connectivity index (χ0) is 17.7. The molecule has 1 aromatic heterocycles. The number of carbonyl (C=O) groups excluding carboxylic acids is 2. The van der Waals surface area contributed by atoms with Crippen LogP contribution >= 0.6 is 27.7 Å². The highest BCUT2D eigenvalue weighted by atomic mass is 79.9. The maximum absolute atomic E-state index is 11.9. The quantitative estimate of drug-likeness (QED) is 0.757. The van der Waals surface area contributed by atoms with E-state index in [4.69, 9.17) is 0 Å². The molecule has 6 nitrogen and oxygen atoms in total. The number of carbonyl (C=O) groups is 2. The lowest BCUT2D eigenvalue weighted by atomic mass is 10.1. The van der Waals surface area contributed by atoms with Crippen molar-refractivity contribution in [2.75, 3.05) is 5.75 Å². The van der Waals surface area contributed by atoms with Crippen LogP contribution in [0.25, 0.3) is 5.69 Å². The van der Waals surface area contributed by atoms with Crippen LogP contribution < -0.4 is 10.6 Å². The summed E-state index contributed by atoms with van der Waals surface area (Å²) in [5.74, 6) is -0.266. The van der Waals surface area contributed by atoms with Gasteiger partial charge in [0.25, 0.3) is 0 Å². The van der Waals surface area contributed by atoms with Gasteiger partial charge in [0.15, 0.2) is 5.16 Å². The molecule has 0 aliphatic rings. The predicted molar refractivity (Wildman–Crippen MR) is 98.4 cm³/mol. The van der Waals surface area contributed by atoms with Crippen LogP contribution in [0.5, 0.6) is 0 Å². The van der Waals surface area contributed by atoms with E-state index in [-0.39, 0.29) is 11.7 Å². The second-order valence-corrected chi connectivity index (χ2v) is 7.96. The molecule has 0 radical (unpaired) electrons. The topological polar surface area (TPSA) is 76.0 Å². The van der Waals surface area contributed by atoms with E-state index >= 15 is 0 Å². The number of halogens is 1. The Morgan fingerprint density at radius 1 is 1.25 bits per heavy atom. The van der Waals surface area contributed by atoms with E-state index in [1.54, 1.807) is 6.20 Å². The molecule has 1 heterocycles.